The van der Waals surface area contributed by atoms with Gasteiger partial charge in [0.05, 0.1) is 19.9 Å². The first-order chi connectivity index (χ1) is 12.2. The molecule has 0 saturated heterocycles. The summed E-state index contributed by atoms with van der Waals surface area (Å²) in [7, 11) is 1.46. The molecule has 0 N–H and O–H groups in total. The molecule has 130 valence electrons. The second kappa shape index (κ2) is 6.92. The summed E-state index contributed by atoms with van der Waals surface area (Å²) >= 11 is 1.55. The molecular weight excluding hydrogens is 341 g/mol. The molecule has 0 amide bonds. The van der Waals surface area contributed by atoms with Crippen LogP contribution in [0.1, 0.15) is 35.9 Å². The zero-order valence-corrected chi connectivity index (χ0v) is 14.6. The van der Waals surface area contributed by atoms with Crippen LogP contribution in [0.2, 0.25) is 0 Å². The van der Waals surface area contributed by atoms with Crippen molar-refractivity contribution in [3.8, 4) is 5.75 Å². The van der Waals surface area contributed by atoms with Crippen molar-refractivity contribution in [2.24, 2.45) is 0 Å². The summed E-state index contributed by atoms with van der Waals surface area (Å²) in [6.45, 7) is 0.616. The highest BCUT2D eigenvalue weighted by atomic mass is 32.2. The fourth-order valence-corrected chi connectivity index (χ4v) is 3.59. The fraction of sp³-hybridized carbons (Fsp3) is 0.333. The topological polar surface area (TPSA) is 53.1 Å². The average molecular weight is 359 g/mol. The van der Waals surface area contributed by atoms with Gasteiger partial charge in [0, 0.05) is 11.7 Å². The van der Waals surface area contributed by atoms with Crippen LogP contribution in [0.3, 0.4) is 0 Å². The second-order valence-corrected chi connectivity index (χ2v) is 6.98. The van der Waals surface area contributed by atoms with E-state index in [1.807, 2.05) is 18.2 Å². The van der Waals surface area contributed by atoms with Crippen LogP contribution >= 0.6 is 11.8 Å². The highest BCUT2D eigenvalue weighted by Crippen LogP contribution is 2.40. The van der Waals surface area contributed by atoms with Gasteiger partial charge in [0.1, 0.15) is 11.6 Å². The third kappa shape index (κ3) is 3.56. The third-order valence-electron chi connectivity index (χ3n) is 4.17. The Kier molecular flexibility index (Phi) is 4.48. The number of nitrogens with zero attached hydrogens (tertiary/aromatic N) is 3. The van der Waals surface area contributed by atoms with Gasteiger partial charge in [-0.3, -0.25) is 4.57 Å². The van der Waals surface area contributed by atoms with E-state index in [-0.39, 0.29) is 11.6 Å². The highest BCUT2D eigenvalue weighted by molar-refractivity contribution is 7.98. The molecule has 1 fully saturated rings. The minimum Gasteiger partial charge on any atom is -0.494 e. The number of aromatic nitrogens is 3. The van der Waals surface area contributed by atoms with Crippen LogP contribution in [0.4, 0.5) is 4.39 Å². The van der Waals surface area contributed by atoms with E-state index in [1.54, 1.807) is 24.1 Å². The smallest absolute Gasteiger partial charge is 0.191 e. The van der Waals surface area contributed by atoms with E-state index in [0.717, 1.165) is 35.1 Å². The number of methoxy groups -OCH3 is 1. The van der Waals surface area contributed by atoms with Crippen LogP contribution in [0, 0.1) is 5.82 Å². The number of hydrogen-bond donors (Lipinski definition) is 0. The van der Waals surface area contributed by atoms with Gasteiger partial charge >= 0.3 is 0 Å². The zero-order chi connectivity index (χ0) is 17.2. The van der Waals surface area contributed by atoms with Crippen molar-refractivity contribution in [1.82, 2.24) is 14.8 Å². The Balaban J connectivity index is 1.53. The van der Waals surface area contributed by atoms with Crippen LogP contribution in [0.15, 0.2) is 46.2 Å². The molecule has 2 heterocycles. The van der Waals surface area contributed by atoms with Crippen molar-refractivity contribution in [2.45, 2.75) is 36.2 Å². The van der Waals surface area contributed by atoms with Crippen LogP contribution in [0.25, 0.3) is 0 Å². The molecular formula is C18H18FN3O2S. The Morgan fingerprint density at radius 1 is 1.32 bits per heavy atom. The predicted octanol–water partition coefficient (Wildman–Crippen LogP) is 4.24. The summed E-state index contributed by atoms with van der Waals surface area (Å²) in [6.07, 6.45) is 3.98. The molecule has 1 aliphatic rings. The number of halogens is 1. The molecule has 4 rings (SSSR count). The van der Waals surface area contributed by atoms with E-state index in [4.69, 9.17) is 9.15 Å². The number of furan rings is 1. The number of benzene rings is 1. The second-order valence-electron chi connectivity index (χ2n) is 6.04. The minimum absolute atomic E-state index is 0.255. The molecule has 0 aliphatic heterocycles. The van der Waals surface area contributed by atoms with Crippen molar-refractivity contribution in [3.05, 3.63) is 59.6 Å². The van der Waals surface area contributed by atoms with Crippen LogP contribution in [0.5, 0.6) is 5.75 Å². The first-order valence-electron chi connectivity index (χ1n) is 8.15. The monoisotopic (exact) mass is 359 g/mol. The molecule has 5 nitrogen and oxygen atoms in total. The summed E-state index contributed by atoms with van der Waals surface area (Å²) in [4.78, 5) is 0. The Labute approximate surface area is 149 Å². The molecule has 0 spiro atoms. The average Bonchev–Trinajstić information content (AvgIpc) is 3.18. The standard InChI is InChI=1S/C18H18FN3O2S/c1-23-16-7-4-12(9-15(16)19)11-25-18-21-20-17(13-5-6-13)22(18)10-14-3-2-8-24-14/h2-4,7-9,13H,5-6,10-11H2,1H3. The maximum Gasteiger partial charge on any atom is 0.191 e. The lowest BCUT2D eigenvalue weighted by molar-refractivity contribution is 0.386. The number of hydrogen-bond acceptors (Lipinski definition) is 5. The van der Waals surface area contributed by atoms with Crippen molar-refractivity contribution in [2.75, 3.05) is 7.11 Å². The predicted molar refractivity (Wildman–Crippen MR) is 92.3 cm³/mol. The number of thioether (sulfide) groups is 1. The zero-order valence-electron chi connectivity index (χ0n) is 13.8. The Bertz CT molecular complexity index is 859. The van der Waals surface area contributed by atoms with Gasteiger partial charge in [-0.1, -0.05) is 17.8 Å². The van der Waals surface area contributed by atoms with E-state index in [9.17, 15) is 4.39 Å². The van der Waals surface area contributed by atoms with E-state index >= 15 is 0 Å². The summed E-state index contributed by atoms with van der Waals surface area (Å²) in [5.74, 6) is 2.90. The van der Waals surface area contributed by atoms with Crippen LogP contribution in [-0.4, -0.2) is 21.9 Å². The molecule has 7 heteroatoms. The normalized spacial score (nSPS) is 14.0. The SMILES string of the molecule is COc1ccc(CSc2nnc(C3CC3)n2Cc2ccco2)cc1F. The van der Waals surface area contributed by atoms with Crippen LogP contribution < -0.4 is 4.74 Å². The molecule has 25 heavy (non-hydrogen) atoms. The maximum absolute atomic E-state index is 13.8. The van der Waals surface area contributed by atoms with Crippen molar-refractivity contribution in [3.63, 3.8) is 0 Å². The summed E-state index contributed by atoms with van der Waals surface area (Å²) in [6, 6.07) is 8.84. The lowest BCUT2D eigenvalue weighted by atomic mass is 10.2. The molecule has 2 aromatic heterocycles. The van der Waals surface area contributed by atoms with Gasteiger partial charge in [-0.25, -0.2) is 4.39 Å². The molecule has 0 atom stereocenters. The molecule has 3 aromatic rings. The van der Waals surface area contributed by atoms with E-state index in [0.29, 0.717) is 18.2 Å². The van der Waals surface area contributed by atoms with Crippen molar-refractivity contribution in [1.29, 1.82) is 0 Å². The van der Waals surface area contributed by atoms with E-state index in [1.165, 1.54) is 13.2 Å². The van der Waals surface area contributed by atoms with Crippen molar-refractivity contribution >= 4 is 11.8 Å². The molecule has 0 bridgehead atoms. The number of ether oxygens (including phenoxy) is 1. The molecule has 0 radical (unpaired) electrons. The summed E-state index contributed by atoms with van der Waals surface area (Å²) in [5, 5.41) is 9.55. The van der Waals surface area contributed by atoms with Gasteiger partial charge in [0.25, 0.3) is 0 Å². The summed E-state index contributed by atoms with van der Waals surface area (Å²) in [5.41, 5.74) is 0.879. The first-order valence-corrected chi connectivity index (χ1v) is 9.14. The highest BCUT2D eigenvalue weighted by Gasteiger charge is 2.30. The Morgan fingerprint density at radius 3 is 2.88 bits per heavy atom. The Hall–Kier alpha value is -2.28. The first kappa shape index (κ1) is 16.2. The van der Waals surface area contributed by atoms with Gasteiger partial charge in [-0.05, 0) is 42.7 Å². The number of rotatable bonds is 7. The molecule has 1 aliphatic carbocycles. The van der Waals surface area contributed by atoms with Gasteiger partial charge in [0.2, 0.25) is 0 Å². The molecule has 0 unspecified atom stereocenters. The Morgan fingerprint density at radius 2 is 2.20 bits per heavy atom. The largest absolute Gasteiger partial charge is 0.494 e. The van der Waals surface area contributed by atoms with Crippen LogP contribution in [-0.2, 0) is 12.3 Å². The van der Waals surface area contributed by atoms with Gasteiger partial charge in [0.15, 0.2) is 16.7 Å². The van der Waals surface area contributed by atoms with Gasteiger partial charge in [-0.15, -0.1) is 10.2 Å². The maximum atomic E-state index is 13.8. The summed E-state index contributed by atoms with van der Waals surface area (Å²) < 4.78 is 26.4. The lowest BCUT2D eigenvalue weighted by Crippen LogP contribution is -2.05. The van der Waals surface area contributed by atoms with E-state index in [2.05, 4.69) is 14.8 Å². The molecule has 1 saturated carbocycles. The van der Waals surface area contributed by atoms with Gasteiger partial charge < -0.3 is 9.15 Å². The fourth-order valence-electron chi connectivity index (χ4n) is 2.70. The minimum atomic E-state index is -0.351. The van der Waals surface area contributed by atoms with E-state index < -0.39 is 0 Å². The lowest BCUT2D eigenvalue weighted by Gasteiger charge is -2.09. The molecule has 1 aromatic carbocycles. The van der Waals surface area contributed by atoms with Gasteiger partial charge in [-0.2, -0.15) is 0 Å². The third-order valence-corrected chi connectivity index (χ3v) is 5.20. The van der Waals surface area contributed by atoms with Crippen molar-refractivity contribution < 1.29 is 13.5 Å². The quantitative estimate of drug-likeness (QED) is 0.591.